The number of nitrogens with two attached hydrogens (primary N) is 1. The van der Waals surface area contributed by atoms with Crippen molar-refractivity contribution in [2.24, 2.45) is 0 Å². The number of H-pyrrole nitrogens is 1. The Balaban J connectivity index is 2.12. The number of rotatable bonds is 4. The number of aromatic amines is 1. The lowest BCUT2D eigenvalue weighted by Gasteiger charge is -2.12. The molecule has 0 radical (unpaired) electrons. The zero-order valence-corrected chi connectivity index (χ0v) is 10.7. The van der Waals surface area contributed by atoms with Crippen molar-refractivity contribution in [3.63, 3.8) is 0 Å². The van der Waals surface area contributed by atoms with Gasteiger partial charge < -0.3 is 20.9 Å². The first-order chi connectivity index (χ1) is 8.56. The quantitative estimate of drug-likeness (QED) is 0.738. The summed E-state index contributed by atoms with van der Waals surface area (Å²) in [6.07, 6.45) is 3.89. The Morgan fingerprint density at radius 3 is 2.67 bits per heavy atom. The number of hydrogen-bond acceptors (Lipinski definition) is 6. The van der Waals surface area contributed by atoms with E-state index in [1.165, 1.54) is 11.1 Å². The van der Waals surface area contributed by atoms with Gasteiger partial charge in [0.05, 0.1) is 0 Å². The fraction of sp³-hybridized carbons (Fsp3) is 0.364. The Hall–Kier alpha value is -2.31. The first-order valence-corrected chi connectivity index (χ1v) is 5.61. The second-order valence-corrected chi connectivity index (χ2v) is 4.23. The minimum Gasteiger partial charge on any atom is -0.368 e. The van der Waals surface area contributed by atoms with Gasteiger partial charge in [0.25, 0.3) is 0 Å². The first-order valence-electron chi connectivity index (χ1n) is 5.61. The number of aryl methyl sites for hydroxylation is 1. The highest BCUT2D eigenvalue weighted by Crippen LogP contribution is 2.11. The van der Waals surface area contributed by atoms with Crippen LogP contribution in [0.15, 0.2) is 12.4 Å². The van der Waals surface area contributed by atoms with Crippen LogP contribution in [-0.2, 0) is 6.54 Å². The van der Waals surface area contributed by atoms with Gasteiger partial charge in [0.1, 0.15) is 0 Å². The number of nitrogens with zero attached hydrogens (tertiary/aromatic N) is 4. The lowest BCUT2D eigenvalue weighted by atomic mass is 10.2. The normalized spacial score (nSPS) is 10.4. The smallest absolute Gasteiger partial charge is 0.231 e. The molecule has 96 valence electrons. The van der Waals surface area contributed by atoms with Gasteiger partial charge >= 0.3 is 0 Å². The Bertz CT molecular complexity index is 532. The fourth-order valence-corrected chi connectivity index (χ4v) is 1.50. The summed E-state index contributed by atoms with van der Waals surface area (Å²) < 4.78 is 0. The molecule has 0 spiro atoms. The number of hydrogen-bond donors (Lipinski definition) is 3. The molecule has 0 aromatic carbocycles. The molecule has 0 bridgehead atoms. The van der Waals surface area contributed by atoms with Crippen LogP contribution in [0.5, 0.6) is 0 Å². The van der Waals surface area contributed by atoms with Crippen molar-refractivity contribution in [1.29, 1.82) is 0 Å². The second kappa shape index (κ2) is 4.91. The third kappa shape index (κ3) is 2.68. The van der Waals surface area contributed by atoms with E-state index in [9.17, 15) is 0 Å². The van der Waals surface area contributed by atoms with E-state index in [2.05, 4.69) is 25.3 Å². The van der Waals surface area contributed by atoms with Gasteiger partial charge in [-0.1, -0.05) is 0 Å². The minimum absolute atomic E-state index is 0.210. The maximum Gasteiger partial charge on any atom is 0.231 e. The fourth-order valence-electron chi connectivity index (χ4n) is 1.50. The second-order valence-electron chi connectivity index (χ2n) is 4.23. The van der Waals surface area contributed by atoms with E-state index in [1.807, 2.05) is 33.4 Å². The number of nitrogen functional groups attached to an aromatic ring is 1. The van der Waals surface area contributed by atoms with E-state index in [0.717, 1.165) is 0 Å². The average molecular weight is 247 g/mol. The average Bonchev–Trinajstić information content (AvgIpc) is 2.71. The molecule has 4 N–H and O–H groups in total. The highest BCUT2D eigenvalue weighted by Gasteiger charge is 2.06. The van der Waals surface area contributed by atoms with Gasteiger partial charge in [0.2, 0.25) is 17.8 Å². The Labute approximate surface area is 105 Å². The van der Waals surface area contributed by atoms with Crippen LogP contribution in [0.4, 0.5) is 17.8 Å². The van der Waals surface area contributed by atoms with Crippen LogP contribution in [0.3, 0.4) is 0 Å². The van der Waals surface area contributed by atoms with Crippen molar-refractivity contribution in [3.8, 4) is 0 Å². The van der Waals surface area contributed by atoms with Crippen LogP contribution in [0, 0.1) is 6.92 Å². The standard InChI is InChI=1S/C11H17N7/c1-7-4-13-5-8(7)6-14-10-15-9(12)16-11(17-10)18(2)3/h4-5,13H,6H2,1-3H3,(H3,12,14,15,16,17). The van der Waals surface area contributed by atoms with Gasteiger partial charge in [-0.25, -0.2) is 0 Å². The number of aromatic nitrogens is 4. The van der Waals surface area contributed by atoms with E-state index in [-0.39, 0.29) is 5.95 Å². The molecule has 0 fully saturated rings. The van der Waals surface area contributed by atoms with E-state index >= 15 is 0 Å². The lowest BCUT2D eigenvalue weighted by Crippen LogP contribution is -2.16. The molecule has 0 atom stereocenters. The zero-order valence-electron chi connectivity index (χ0n) is 10.7. The Kier molecular flexibility index (Phi) is 3.31. The van der Waals surface area contributed by atoms with Gasteiger partial charge in [-0.15, -0.1) is 0 Å². The zero-order chi connectivity index (χ0) is 13.1. The van der Waals surface area contributed by atoms with E-state index < -0.39 is 0 Å². The molecular weight excluding hydrogens is 230 g/mol. The van der Waals surface area contributed by atoms with Gasteiger partial charge in [0.15, 0.2) is 0 Å². The van der Waals surface area contributed by atoms with Crippen LogP contribution >= 0.6 is 0 Å². The highest BCUT2D eigenvalue weighted by molar-refractivity contribution is 5.41. The molecule has 2 rings (SSSR count). The van der Waals surface area contributed by atoms with E-state index in [1.54, 1.807) is 4.90 Å². The van der Waals surface area contributed by atoms with Crippen molar-refractivity contribution in [2.45, 2.75) is 13.5 Å². The van der Waals surface area contributed by atoms with E-state index in [0.29, 0.717) is 18.4 Å². The molecule has 7 nitrogen and oxygen atoms in total. The maximum atomic E-state index is 5.64. The SMILES string of the molecule is Cc1c[nH]cc1CNc1nc(N)nc(N(C)C)n1. The molecule has 0 aliphatic heterocycles. The largest absolute Gasteiger partial charge is 0.368 e. The number of anilines is 3. The summed E-state index contributed by atoms with van der Waals surface area (Å²) in [4.78, 5) is 17.2. The summed E-state index contributed by atoms with van der Waals surface area (Å²) in [7, 11) is 3.71. The summed E-state index contributed by atoms with van der Waals surface area (Å²) in [6.45, 7) is 2.69. The van der Waals surface area contributed by atoms with Gasteiger partial charge in [-0.05, 0) is 18.1 Å². The molecule has 2 aromatic rings. The summed E-state index contributed by atoms with van der Waals surface area (Å²) in [6, 6.07) is 0. The predicted molar refractivity (Wildman–Crippen MR) is 71.4 cm³/mol. The lowest BCUT2D eigenvalue weighted by molar-refractivity contribution is 0.949. The van der Waals surface area contributed by atoms with E-state index in [4.69, 9.17) is 5.73 Å². The van der Waals surface area contributed by atoms with Crippen molar-refractivity contribution in [1.82, 2.24) is 19.9 Å². The molecule has 0 aliphatic carbocycles. The predicted octanol–water partition coefficient (Wildman–Crippen LogP) is 0.768. The molecule has 0 aliphatic rings. The maximum absolute atomic E-state index is 5.64. The summed E-state index contributed by atoms with van der Waals surface area (Å²) in [5.74, 6) is 1.23. The molecule has 0 saturated carbocycles. The first kappa shape index (κ1) is 12.2. The summed E-state index contributed by atoms with van der Waals surface area (Å²) in [5, 5.41) is 3.14. The minimum atomic E-state index is 0.210. The summed E-state index contributed by atoms with van der Waals surface area (Å²) in [5.41, 5.74) is 8.00. The summed E-state index contributed by atoms with van der Waals surface area (Å²) >= 11 is 0. The molecule has 7 heteroatoms. The molecule has 0 unspecified atom stereocenters. The molecule has 0 saturated heterocycles. The third-order valence-electron chi connectivity index (χ3n) is 2.54. The van der Waals surface area contributed by atoms with Crippen molar-refractivity contribution < 1.29 is 0 Å². The topological polar surface area (TPSA) is 95.8 Å². The van der Waals surface area contributed by atoms with Crippen molar-refractivity contribution >= 4 is 17.8 Å². The highest BCUT2D eigenvalue weighted by atomic mass is 15.3. The monoisotopic (exact) mass is 247 g/mol. The molecule has 0 amide bonds. The van der Waals surface area contributed by atoms with Gasteiger partial charge in [-0.2, -0.15) is 15.0 Å². The number of nitrogens with one attached hydrogen (secondary N) is 2. The van der Waals surface area contributed by atoms with Crippen molar-refractivity contribution in [2.75, 3.05) is 30.0 Å². The molecular formula is C11H17N7. The Morgan fingerprint density at radius 2 is 2.06 bits per heavy atom. The third-order valence-corrected chi connectivity index (χ3v) is 2.54. The Morgan fingerprint density at radius 1 is 1.28 bits per heavy atom. The van der Waals surface area contributed by atoms with Gasteiger partial charge in [-0.3, -0.25) is 0 Å². The molecule has 2 heterocycles. The van der Waals surface area contributed by atoms with Crippen LogP contribution in [0.2, 0.25) is 0 Å². The van der Waals surface area contributed by atoms with Crippen molar-refractivity contribution in [3.05, 3.63) is 23.5 Å². The molecule has 2 aromatic heterocycles. The van der Waals surface area contributed by atoms with Gasteiger partial charge in [0, 0.05) is 33.0 Å². The van der Waals surface area contributed by atoms with Crippen LogP contribution in [-0.4, -0.2) is 34.0 Å². The molecule has 18 heavy (non-hydrogen) atoms. The van der Waals surface area contributed by atoms with Crippen LogP contribution in [0.25, 0.3) is 0 Å². The van der Waals surface area contributed by atoms with Crippen LogP contribution in [0.1, 0.15) is 11.1 Å². The van der Waals surface area contributed by atoms with Crippen LogP contribution < -0.4 is 16.0 Å².